The highest BCUT2D eigenvalue weighted by Crippen LogP contribution is 2.37. The molecule has 2 heterocycles. The number of hydrogen-bond donors (Lipinski definition) is 1. The fourth-order valence-electron chi connectivity index (χ4n) is 4.42. The lowest BCUT2D eigenvalue weighted by Crippen LogP contribution is -2.35. The molecule has 9 nitrogen and oxygen atoms in total. The zero-order valence-corrected chi connectivity index (χ0v) is 20.1. The minimum absolute atomic E-state index is 0.0607. The van der Waals surface area contributed by atoms with Crippen molar-refractivity contribution >= 4 is 5.91 Å². The summed E-state index contributed by atoms with van der Waals surface area (Å²) in [5.74, 6) is -0.0842. The summed E-state index contributed by atoms with van der Waals surface area (Å²) in [7, 11) is 2.96. The molecule has 9 heteroatoms. The van der Waals surface area contributed by atoms with Crippen LogP contribution in [0.15, 0.2) is 53.3 Å². The molecule has 0 aliphatic carbocycles. The average Bonchev–Trinajstić information content (AvgIpc) is 3.38. The molecule has 1 fully saturated rings. The van der Waals surface area contributed by atoms with Gasteiger partial charge in [0.05, 0.1) is 14.2 Å². The van der Waals surface area contributed by atoms with E-state index in [1.54, 1.807) is 30.0 Å². The van der Waals surface area contributed by atoms with Gasteiger partial charge in [0.1, 0.15) is 29.6 Å². The highest BCUT2D eigenvalue weighted by molar-refractivity contribution is 5.96. The molecule has 1 aromatic heterocycles. The molecular formula is C26H29N3O6. The van der Waals surface area contributed by atoms with Gasteiger partial charge in [0.2, 0.25) is 5.88 Å². The number of carbonyl (C=O) groups is 1. The molecule has 1 N–H and O–H groups in total. The van der Waals surface area contributed by atoms with Crippen molar-refractivity contribution in [2.75, 3.05) is 33.9 Å². The number of aromatic nitrogens is 2. The molecule has 3 aromatic rings. The first-order chi connectivity index (χ1) is 17.0. The molecule has 1 aliphatic heterocycles. The molecule has 1 atom stereocenters. The maximum absolute atomic E-state index is 13.5. The van der Waals surface area contributed by atoms with Crippen molar-refractivity contribution < 1.29 is 24.1 Å². The minimum Gasteiger partial charge on any atom is -0.494 e. The van der Waals surface area contributed by atoms with Crippen LogP contribution in [0.2, 0.25) is 0 Å². The van der Waals surface area contributed by atoms with Gasteiger partial charge in [-0.3, -0.25) is 14.2 Å². The van der Waals surface area contributed by atoms with E-state index in [2.05, 4.69) is 4.98 Å². The Balaban J connectivity index is 1.80. The Labute approximate surface area is 203 Å². The lowest BCUT2D eigenvalue weighted by Gasteiger charge is -2.22. The first-order valence-electron chi connectivity index (χ1n) is 11.5. The number of carbonyl (C=O) groups excluding carboxylic acids is 1. The van der Waals surface area contributed by atoms with Gasteiger partial charge >= 0.3 is 0 Å². The monoisotopic (exact) mass is 479 g/mol. The zero-order chi connectivity index (χ0) is 24.9. The van der Waals surface area contributed by atoms with Crippen molar-refractivity contribution in [2.45, 2.75) is 25.9 Å². The summed E-state index contributed by atoms with van der Waals surface area (Å²) in [6, 6.07) is 15.0. The summed E-state index contributed by atoms with van der Waals surface area (Å²) >= 11 is 0. The minimum atomic E-state index is -0.810. The van der Waals surface area contributed by atoms with Gasteiger partial charge in [0, 0.05) is 25.6 Å². The molecule has 2 aromatic carbocycles. The van der Waals surface area contributed by atoms with Crippen LogP contribution >= 0.6 is 0 Å². The van der Waals surface area contributed by atoms with Crippen LogP contribution in [0.25, 0.3) is 5.69 Å². The number of benzene rings is 2. The highest BCUT2D eigenvalue weighted by atomic mass is 16.5. The molecule has 35 heavy (non-hydrogen) atoms. The molecule has 0 bridgehead atoms. The summed E-state index contributed by atoms with van der Waals surface area (Å²) in [6.45, 7) is 3.03. The lowest BCUT2D eigenvalue weighted by atomic mass is 9.99. The van der Waals surface area contributed by atoms with Gasteiger partial charge in [0.25, 0.3) is 11.5 Å². The predicted octanol–water partition coefficient (Wildman–Crippen LogP) is 3.12. The number of amides is 1. The van der Waals surface area contributed by atoms with E-state index in [0.717, 1.165) is 12.0 Å². The first-order valence-corrected chi connectivity index (χ1v) is 11.5. The topological polar surface area (TPSA) is 103 Å². The maximum atomic E-state index is 13.5. The SMILES string of the molecule is CCOCc1nc(=O)c(C(=O)N2CC[C@@H](c3ccccc3)C2)c(O)n1-c1c(OC)cccc1OC. The summed E-state index contributed by atoms with van der Waals surface area (Å²) < 4.78 is 17.8. The lowest BCUT2D eigenvalue weighted by molar-refractivity contribution is 0.0782. The fourth-order valence-corrected chi connectivity index (χ4v) is 4.42. The highest BCUT2D eigenvalue weighted by Gasteiger charge is 2.33. The summed E-state index contributed by atoms with van der Waals surface area (Å²) in [4.78, 5) is 32.2. The van der Waals surface area contributed by atoms with Crippen molar-refractivity contribution in [1.82, 2.24) is 14.5 Å². The fraction of sp³-hybridized carbons (Fsp3) is 0.346. The largest absolute Gasteiger partial charge is 0.494 e. The molecule has 0 saturated carbocycles. The standard InChI is InChI=1S/C26H29N3O6/c1-4-35-16-21-27-24(30)22(25(31)28-14-13-18(15-28)17-9-6-5-7-10-17)26(32)29(21)23-19(33-2)11-8-12-20(23)34-3/h5-12,18,32H,4,13-16H2,1-3H3/t18-/m1/s1. The van der Waals surface area contributed by atoms with E-state index in [0.29, 0.717) is 36.9 Å². The molecular weight excluding hydrogens is 450 g/mol. The van der Waals surface area contributed by atoms with Crippen LogP contribution in [0.5, 0.6) is 17.4 Å². The number of aromatic hydroxyl groups is 1. The van der Waals surface area contributed by atoms with Crippen LogP contribution in [0.1, 0.15) is 41.0 Å². The van der Waals surface area contributed by atoms with Crippen LogP contribution in [0.3, 0.4) is 0 Å². The number of para-hydroxylation sites is 1. The number of likely N-dealkylation sites (tertiary alicyclic amines) is 1. The van der Waals surface area contributed by atoms with Gasteiger partial charge < -0.3 is 24.2 Å². The smallest absolute Gasteiger partial charge is 0.289 e. The van der Waals surface area contributed by atoms with E-state index in [-0.39, 0.29) is 18.3 Å². The van der Waals surface area contributed by atoms with E-state index in [1.165, 1.54) is 18.8 Å². The Kier molecular flexibility index (Phi) is 7.36. The van der Waals surface area contributed by atoms with Crippen molar-refractivity contribution in [2.24, 2.45) is 0 Å². The van der Waals surface area contributed by atoms with Crippen LogP contribution in [-0.4, -0.2) is 59.4 Å². The number of methoxy groups -OCH3 is 2. The third-order valence-corrected chi connectivity index (χ3v) is 6.16. The van der Waals surface area contributed by atoms with Crippen molar-refractivity contribution in [3.05, 3.63) is 75.8 Å². The van der Waals surface area contributed by atoms with E-state index in [4.69, 9.17) is 14.2 Å². The normalized spacial score (nSPS) is 15.3. The third-order valence-electron chi connectivity index (χ3n) is 6.16. The molecule has 1 saturated heterocycles. The Bertz CT molecular complexity index is 1240. The second kappa shape index (κ2) is 10.6. The van der Waals surface area contributed by atoms with Gasteiger partial charge in [-0.25, -0.2) is 0 Å². The van der Waals surface area contributed by atoms with E-state index in [9.17, 15) is 14.7 Å². The number of rotatable bonds is 8. The quantitative estimate of drug-likeness (QED) is 0.529. The third kappa shape index (κ3) is 4.72. The average molecular weight is 480 g/mol. The summed E-state index contributed by atoms with van der Waals surface area (Å²) in [5.41, 5.74) is 0.241. The molecule has 0 radical (unpaired) electrons. The van der Waals surface area contributed by atoms with Crippen molar-refractivity contribution in [1.29, 1.82) is 0 Å². The molecule has 0 unspecified atom stereocenters. The van der Waals surface area contributed by atoms with Gasteiger partial charge in [-0.1, -0.05) is 36.4 Å². The van der Waals surface area contributed by atoms with E-state index >= 15 is 0 Å². The molecule has 184 valence electrons. The summed E-state index contributed by atoms with van der Waals surface area (Å²) in [5, 5.41) is 11.4. The van der Waals surface area contributed by atoms with Gasteiger partial charge in [-0.05, 0) is 31.0 Å². The Morgan fingerprint density at radius 2 is 1.77 bits per heavy atom. The maximum Gasteiger partial charge on any atom is 0.289 e. The Morgan fingerprint density at radius 3 is 2.40 bits per heavy atom. The number of ether oxygens (including phenoxy) is 3. The Hall–Kier alpha value is -3.85. The second-order valence-electron chi connectivity index (χ2n) is 8.16. The molecule has 1 amide bonds. The summed E-state index contributed by atoms with van der Waals surface area (Å²) in [6.07, 6.45) is 0.765. The van der Waals surface area contributed by atoms with Gasteiger partial charge in [0.15, 0.2) is 5.56 Å². The number of hydrogen-bond acceptors (Lipinski definition) is 7. The second-order valence-corrected chi connectivity index (χ2v) is 8.16. The molecule has 1 aliphatic rings. The molecule has 4 rings (SSSR count). The predicted molar refractivity (Wildman–Crippen MR) is 130 cm³/mol. The van der Waals surface area contributed by atoms with Crippen molar-refractivity contribution in [3.63, 3.8) is 0 Å². The van der Waals surface area contributed by atoms with Gasteiger partial charge in [-0.2, -0.15) is 4.98 Å². The van der Waals surface area contributed by atoms with E-state index < -0.39 is 22.9 Å². The van der Waals surface area contributed by atoms with Crippen LogP contribution < -0.4 is 15.0 Å². The van der Waals surface area contributed by atoms with Crippen LogP contribution in [0, 0.1) is 0 Å². The van der Waals surface area contributed by atoms with Crippen molar-refractivity contribution in [3.8, 4) is 23.1 Å². The Morgan fingerprint density at radius 1 is 1.09 bits per heavy atom. The van der Waals surface area contributed by atoms with Gasteiger partial charge in [-0.15, -0.1) is 0 Å². The van der Waals surface area contributed by atoms with Crippen LogP contribution in [0.4, 0.5) is 0 Å². The molecule has 0 spiro atoms. The van der Waals surface area contributed by atoms with E-state index in [1.807, 2.05) is 30.3 Å². The van der Waals surface area contributed by atoms with Crippen LogP contribution in [-0.2, 0) is 11.3 Å². The first kappa shape index (κ1) is 24.3. The zero-order valence-electron chi connectivity index (χ0n) is 20.1. The number of nitrogens with zero attached hydrogens (tertiary/aromatic N) is 3.